The molecule has 1 aromatic rings. The summed E-state index contributed by atoms with van der Waals surface area (Å²) in [5, 5.41) is 7.04. The molecule has 0 amide bonds. The maximum atomic E-state index is 12.6. The predicted molar refractivity (Wildman–Crippen MR) is 103 cm³/mol. The molecule has 1 aliphatic carbocycles. The number of nitrogens with zero attached hydrogens (tertiary/aromatic N) is 2. The molecule has 168 valence electrons. The standard InChI is InChI=1S/C17H24N2O3S.C2HF3O2/c1-22-14-4-2-13(3-5-14)12-18-10-8-17-16(18)9-11-19(17)23(20,21)15-6-7-15;3-2(4,5)1(6)7/h2-5,15-17H,6-12H2,1H3;(H,6,7)/t16-,17+;/m1./s1. The maximum absolute atomic E-state index is 12.6. The van der Waals surface area contributed by atoms with Gasteiger partial charge in [-0.15, -0.1) is 0 Å². The molecule has 2 aliphatic heterocycles. The Morgan fingerprint density at radius 2 is 1.67 bits per heavy atom. The van der Waals surface area contributed by atoms with Crippen molar-refractivity contribution in [1.82, 2.24) is 9.21 Å². The van der Waals surface area contributed by atoms with E-state index in [2.05, 4.69) is 17.0 Å². The maximum Gasteiger partial charge on any atom is 0.490 e. The van der Waals surface area contributed by atoms with E-state index in [0.29, 0.717) is 12.6 Å². The van der Waals surface area contributed by atoms with Crippen LogP contribution in [0.5, 0.6) is 5.75 Å². The number of sulfonamides is 1. The van der Waals surface area contributed by atoms with Crippen LogP contribution in [0, 0.1) is 0 Å². The quantitative estimate of drug-likeness (QED) is 0.742. The molecule has 0 bridgehead atoms. The van der Waals surface area contributed by atoms with Crippen LogP contribution in [0.1, 0.15) is 31.2 Å². The second kappa shape index (κ2) is 8.72. The fraction of sp³-hybridized carbons (Fsp3) is 0.632. The number of likely N-dealkylation sites (tertiary alicyclic amines) is 1. The van der Waals surface area contributed by atoms with Crippen molar-refractivity contribution < 1.29 is 36.2 Å². The van der Waals surface area contributed by atoms with Gasteiger partial charge in [0.2, 0.25) is 10.0 Å². The Labute approximate surface area is 173 Å². The molecule has 4 rings (SSSR count). The van der Waals surface area contributed by atoms with Crippen molar-refractivity contribution in [2.45, 2.75) is 55.7 Å². The van der Waals surface area contributed by atoms with E-state index in [1.54, 1.807) is 7.11 Å². The highest BCUT2D eigenvalue weighted by Crippen LogP contribution is 2.39. The van der Waals surface area contributed by atoms with E-state index in [0.717, 1.165) is 44.5 Å². The van der Waals surface area contributed by atoms with Crippen molar-refractivity contribution in [3.8, 4) is 5.75 Å². The number of ether oxygens (including phenoxy) is 1. The Bertz CT molecular complexity index is 856. The Hall–Kier alpha value is -1.85. The van der Waals surface area contributed by atoms with Gasteiger partial charge in [0, 0.05) is 31.7 Å². The average Bonchev–Trinajstić information content (AvgIpc) is 3.35. The summed E-state index contributed by atoms with van der Waals surface area (Å²) < 4.78 is 63.9. The fourth-order valence-corrected chi connectivity index (χ4v) is 6.17. The van der Waals surface area contributed by atoms with Crippen LogP contribution in [0.25, 0.3) is 0 Å². The Balaban J connectivity index is 0.000000318. The first-order valence-corrected chi connectivity index (χ1v) is 11.2. The minimum atomic E-state index is -5.08. The molecule has 0 radical (unpaired) electrons. The Morgan fingerprint density at radius 1 is 1.10 bits per heavy atom. The highest BCUT2D eigenvalue weighted by atomic mass is 32.2. The van der Waals surface area contributed by atoms with Gasteiger partial charge in [-0.25, -0.2) is 13.2 Å². The molecule has 2 saturated heterocycles. The average molecular weight is 450 g/mol. The number of alkyl halides is 3. The monoisotopic (exact) mass is 450 g/mol. The number of halogens is 3. The lowest BCUT2D eigenvalue weighted by molar-refractivity contribution is -0.192. The number of carbonyl (C=O) groups is 1. The fourth-order valence-electron chi connectivity index (χ4n) is 4.07. The summed E-state index contributed by atoms with van der Waals surface area (Å²) in [6.07, 6.45) is -1.45. The van der Waals surface area contributed by atoms with Crippen LogP contribution in [-0.4, -0.2) is 72.4 Å². The van der Waals surface area contributed by atoms with Crippen molar-refractivity contribution in [2.24, 2.45) is 0 Å². The van der Waals surface area contributed by atoms with Crippen LogP contribution in [-0.2, 0) is 21.4 Å². The molecule has 2 heterocycles. The normalized spacial score (nSPS) is 24.8. The van der Waals surface area contributed by atoms with Crippen LogP contribution in [0.15, 0.2) is 24.3 Å². The SMILES string of the molecule is COc1ccc(CN2CC[C@H]3[C@H]2CCN3S(=O)(=O)C2CC2)cc1.O=C(O)C(F)(F)F. The molecule has 0 unspecified atom stereocenters. The van der Waals surface area contributed by atoms with E-state index in [1.807, 2.05) is 16.4 Å². The van der Waals surface area contributed by atoms with E-state index >= 15 is 0 Å². The van der Waals surface area contributed by atoms with Crippen molar-refractivity contribution >= 4 is 16.0 Å². The van der Waals surface area contributed by atoms with Gasteiger partial charge in [-0.2, -0.15) is 17.5 Å². The minimum Gasteiger partial charge on any atom is -0.497 e. The summed E-state index contributed by atoms with van der Waals surface area (Å²) in [7, 11) is -1.36. The molecule has 11 heteroatoms. The molecule has 1 saturated carbocycles. The van der Waals surface area contributed by atoms with Crippen LogP contribution in [0.2, 0.25) is 0 Å². The molecular weight excluding hydrogens is 425 g/mol. The van der Waals surface area contributed by atoms with Crippen LogP contribution in [0.4, 0.5) is 13.2 Å². The molecule has 30 heavy (non-hydrogen) atoms. The third kappa shape index (κ3) is 5.06. The first-order chi connectivity index (χ1) is 14.0. The number of carboxylic acid groups (broad SMARTS) is 1. The molecular formula is C19H25F3N2O5S. The summed E-state index contributed by atoms with van der Waals surface area (Å²) in [6, 6.07) is 8.74. The highest BCUT2D eigenvalue weighted by molar-refractivity contribution is 7.90. The molecule has 2 atom stereocenters. The van der Waals surface area contributed by atoms with Crippen LogP contribution in [0.3, 0.4) is 0 Å². The van der Waals surface area contributed by atoms with Gasteiger partial charge in [0.05, 0.1) is 12.4 Å². The summed E-state index contributed by atoms with van der Waals surface area (Å²) >= 11 is 0. The number of rotatable bonds is 5. The van der Waals surface area contributed by atoms with Crippen molar-refractivity contribution in [2.75, 3.05) is 20.2 Å². The number of hydrogen-bond acceptors (Lipinski definition) is 5. The minimum absolute atomic E-state index is 0.0862. The number of methoxy groups -OCH3 is 1. The van der Waals surface area contributed by atoms with Crippen LogP contribution >= 0.6 is 0 Å². The predicted octanol–water partition coefficient (Wildman–Crippen LogP) is 2.47. The highest BCUT2D eigenvalue weighted by Gasteiger charge is 2.50. The lowest BCUT2D eigenvalue weighted by Gasteiger charge is -2.25. The van der Waals surface area contributed by atoms with E-state index < -0.39 is 22.2 Å². The molecule has 0 spiro atoms. The topological polar surface area (TPSA) is 87.2 Å². The molecule has 0 aromatic heterocycles. The van der Waals surface area contributed by atoms with Gasteiger partial charge in [0.25, 0.3) is 0 Å². The number of benzene rings is 1. The largest absolute Gasteiger partial charge is 0.497 e. The van der Waals surface area contributed by atoms with Gasteiger partial charge in [-0.3, -0.25) is 4.90 Å². The summed E-state index contributed by atoms with van der Waals surface area (Å²) in [4.78, 5) is 11.3. The van der Waals surface area contributed by atoms with Gasteiger partial charge in [0.15, 0.2) is 0 Å². The van der Waals surface area contributed by atoms with Crippen molar-refractivity contribution in [3.05, 3.63) is 29.8 Å². The summed E-state index contributed by atoms with van der Waals surface area (Å²) in [5.74, 6) is -1.89. The molecule has 3 aliphatic rings. The lowest BCUT2D eigenvalue weighted by atomic mass is 10.1. The van der Waals surface area contributed by atoms with E-state index in [-0.39, 0.29) is 11.3 Å². The van der Waals surface area contributed by atoms with Crippen molar-refractivity contribution in [1.29, 1.82) is 0 Å². The first kappa shape index (κ1) is 22.8. The van der Waals surface area contributed by atoms with Gasteiger partial charge < -0.3 is 9.84 Å². The Morgan fingerprint density at radius 3 is 2.17 bits per heavy atom. The van der Waals surface area contributed by atoms with Gasteiger partial charge in [-0.1, -0.05) is 12.1 Å². The first-order valence-electron chi connectivity index (χ1n) is 9.71. The number of aliphatic carboxylic acids is 1. The molecule has 1 aromatic carbocycles. The van der Waals surface area contributed by atoms with E-state index in [4.69, 9.17) is 14.6 Å². The molecule has 7 nitrogen and oxygen atoms in total. The second-order valence-corrected chi connectivity index (χ2v) is 9.85. The zero-order valence-electron chi connectivity index (χ0n) is 16.5. The third-order valence-corrected chi connectivity index (χ3v) is 8.12. The van der Waals surface area contributed by atoms with Gasteiger partial charge in [0.1, 0.15) is 5.75 Å². The van der Waals surface area contributed by atoms with E-state index in [1.165, 1.54) is 5.56 Å². The summed E-state index contributed by atoms with van der Waals surface area (Å²) in [6.45, 7) is 2.58. The zero-order valence-corrected chi connectivity index (χ0v) is 17.3. The van der Waals surface area contributed by atoms with Gasteiger partial charge in [-0.05, 0) is 43.4 Å². The zero-order chi connectivity index (χ0) is 22.1. The second-order valence-electron chi connectivity index (χ2n) is 7.69. The Kier molecular flexibility index (Phi) is 6.63. The smallest absolute Gasteiger partial charge is 0.490 e. The van der Waals surface area contributed by atoms with Gasteiger partial charge >= 0.3 is 12.1 Å². The van der Waals surface area contributed by atoms with Crippen LogP contribution < -0.4 is 4.74 Å². The van der Waals surface area contributed by atoms with Crippen molar-refractivity contribution in [3.63, 3.8) is 0 Å². The molecule has 3 fully saturated rings. The third-order valence-electron chi connectivity index (χ3n) is 5.70. The molecule has 1 N–H and O–H groups in total. The number of hydrogen-bond donors (Lipinski definition) is 1. The summed E-state index contributed by atoms with van der Waals surface area (Å²) in [5.41, 5.74) is 1.26. The lowest BCUT2D eigenvalue weighted by Crippen LogP contribution is -2.41. The number of carboxylic acids is 1. The van der Waals surface area contributed by atoms with E-state index in [9.17, 15) is 21.6 Å². The number of fused-ring (bicyclic) bond motifs is 1.